The van der Waals surface area contributed by atoms with Crippen LogP contribution < -0.4 is 5.32 Å². The number of nitrogens with zero attached hydrogens (tertiary/aromatic N) is 2. The lowest BCUT2D eigenvalue weighted by Gasteiger charge is -2.05. The minimum atomic E-state index is -0.393. The zero-order chi connectivity index (χ0) is 11.3. The van der Waals surface area contributed by atoms with E-state index in [0.29, 0.717) is 17.8 Å². The molecule has 0 spiro atoms. The van der Waals surface area contributed by atoms with Crippen molar-refractivity contribution in [1.82, 2.24) is 4.98 Å². The van der Waals surface area contributed by atoms with Gasteiger partial charge in [0.1, 0.15) is 12.0 Å². The van der Waals surface area contributed by atoms with Gasteiger partial charge in [0.15, 0.2) is 0 Å². The first-order valence-corrected chi connectivity index (χ1v) is 5.06. The van der Waals surface area contributed by atoms with E-state index < -0.39 is 4.92 Å². The molecule has 0 saturated heterocycles. The van der Waals surface area contributed by atoms with Crippen molar-refractivity contribution in [2.75, 3.05) is 11.9 Å². The molecule has 0 aromatic carbocycles. The van der Waals surface area contributed by atoms with Gasteiger partial charge in [-0.1, -0.05) is 13.8 Å². The fourth-order valence-electron chi connectivity index (χ4n) is 1.29. The van der Waals surface area contributed by atoms with E-state index in [2.05, 4.69) is 17.2 Å². The maximum Gasteiger partial charge on any atom is 0.290 e. The van der Waals surface area contributed by atoms with Crippen LogP contribution in [0.25, 0.3) is 0 Å². The number of hydrogen-bond acceptors (Lipinski definition) is 4. The van der Waals surface area contributed by atoms with Crippen molar-refractivity contribution in [2.45, 2.75) is 26.7 Å². The quantitative estimate of drug-likeness (QED) is 0.597. The summed E-state index contributed by atoms with van der Waals surface area (Å²) in [6.07, 6.45) is 2.95. The van der Waals surface area contributed by atoms with Crippen LogP contribution in [-0.2, 0) is 6.42 Å². The van der Waals surface area contributed by atoms with Gasteiger partial charge in [-0.25, -0.2) is 4.98 Å². The summed E-state index contributed by atoms with van der Waals surface area (Å²) in [7, 11) is 0. The molecule has 0 radical (unpaired) electrons. The van der Waals surface area contributed by atoms with Crippen molar-refractivity contribution in [2.24, 2.45) is 0 Å². The molecule has 1 aromatic heterocycles. The van der Waals surface area contributed by atoms with Gasteiger partial charge in [-0.05, 0) is 18.9 Å². The molecule has 0 fully saturated rings. The van der Waals surface area contributed by atoms with Gasteiger partial charge in [-0.2, -0.15) is 0 Å². The highest BCUT2D eigenvalue weighted by atomic mass is 16.6. The van der Waals surface area contributed by atoms with E-state index >= 15 is 0 Å². The number of anilines is 1. The Morgan fingerprint density at radius 2 is 2.27 bits per heavy atom. The summed E-state index contributed by atoms with van der Waals surface area (Å²) < 4.78 is 0. The average Bonchev–Trinajstić information content (AvgIpc) is 2.25. The topological polar surface area (TPSA) is 68.1 Å². The van der Waals surface area contributed by atoms with Gasteiger partial charge in [0.2, 0.25) is 0 Å². The van der Waals surface area contributed by atoms with Crippen molar-refractivity contribution in [1.29, 1.82) is 0 Å². The highest BCUT2D eigenvalue weighted by molar-refractivity contribution is 5.47. The highest BCUT2D eigenvalue weighted by Gasteiger charge is 2.13. The molecule has 15 heavy (non-hydrogen) atoms. The van der Waals surface area contributed by atoms with Gasteiger partial charge in [0, 0.05) is 12.1 Å². The zero-order valence-electron chi connectivity index (χ0n) is 8.99. The normalized spacial score (nSPS) is 10.0. The molecular weight excluding hydrogens is 194 g/mol. The minimum absolute atomic E-state index is 0.0968. The fourth-order valence-corrected chi connectivity index (χ4v) is 1.29. The predicted octanol–water partition coefficient (Wildman–Crippen LogP) is 2.37. The summed E-state index contributed by atoms with van der Waals surface area (Å²) >= 11 is 0. The molecule has 1 heterocycles. The Labute approximate surface area is 88.7 Å². The largest absolute Gasteiger partial charge is 0.370 e. The van der Waals surface area contributed by atoms with E-state index in [9.17, 15) is 10.1 Å². The van der Waals surface area contributed by atoms with E-state index in [4.69, 9.17) is 0 Å². The fraction of sp³-hybridized carbons (Fsp3) is 0.500. The number of hydrogen-bond donors (Lipinski definition) is 1. The molecule has 0 amide bonds. The number of rotatable bonds is 5. The van der Waals surface area contributed by atoms with Crippen molar-refractivity contribution < 1.29 is 4.92 Å². The van der Waals surface area contributed by atoms with Gasteiger partial charge in [-0.15, -0.1) is 0 Å². The zero-order valence-corrected chi connectivity index (χ0v) is 8.99. The summed E-state index contributed by atoms with van der Waals surface area (Å²) in [5, 5.41) is 13.8. The molecule has 0 atom stereocenters. The average molecular weight is 209 g/mol. The smallest absolute Gasteiger partial charge is 0.290 e. The van der Waals surface area contributed by atoms with E-state index in [1.807, 2.05) is 6.92 Å². The Kier molecular flexibility index (Phi) is 4.03. The molecule has 0 aliphatic heterocycles. The lowest BCUT2D eigenvalue weighted by atomic mass is 10.2. The third-order valence-corrected chi connectivity index (χ3v) is 2.10. The van der Waals surface area contributed by atoms with Crippen LogP contribution in [0.1, 0.15) is 25.8 Å². The van der Waals surface area contributed by atoms with Crippen molar-refractivity contribution in [3.05, 3.63) is 27.9 Å². The molecule has 0 saturated carbocycles. The molecule has 0 bridgehead atoms. The SMILES string of the molecule is CCCNc1cc(CC)c([N+](=O)[O-])cn1. The summed E-state index contributed by atoms with van der Waals surface area (Å²) in [4.78, 5) is 14.3. The second-order valence-corrected chi connectivity index (χ2v) is 3.24. The lowest BCUT2D eigenvalue weighted by Crippen LogP contribution is -2.04. The van der Waals surface area contributed by atoms with Crippen LogP contribution in [0, 0.1) is 10.1 Å². The van der Waals surface area contributed by atoms with E-state index in [1.54, 1.807) is 6.07 Å². The molecule has 1 rings (SSSR count). The molecule has 0 unspecified atom stereocenters. The van der Waals surface area contributed by atoms with E-state index in [0.717, 1.165) is 13.0 Å². The Balaban J connectivity index is 2.92. The first-order valence-electron chi connectivity index (χ1n) is 5.06. The predicted molar refractivity (Wildman–Crippen MR) is 59.1 cm³/mol. The van der Waals surface area contributed by atoms with Crippen LogP contribution in [0.2, 0.25) is 0 Å². The number of aryl methyl sites for hydroxylation is 1. The third kappa shape index (κ3) is 2.90. The lowest BCUT2D eigenvalue weighted by molar-refractivity contribution is -0.385. The molecular formula is C10H15N3O2. The summed E-state index contributed by atoms with van der Waals surface area (Å²) in [5.41, 5.74) is 0.813. The van der Waals surface area contributed by atoms with Gasteiger partial charge >= 0.3 is 0 Å². The van der Waals surface area contributed by atoms with Crippen molar-refractivity contribution >= 4 is 11.5 Å². The molecule has 0 aliphatic carbocycles. The van der Waals surface area contributed by atoms with Crippen LogP contribution >= 0.6 is 0 Å². The summed E-state index contributed by atoms with van der Waals surface area (Å²) in [6.45, 7) is 4.78. The summed E-state index contributed by atoms with van der Waals surface area (Å²) in [6, 6.07) is 1.74. The standard InChI is InChI=1S/C10H15N3O2/c1-3-5-11-10-6-8(4-2)9(7-12-10)13(14)15/h6-7H,3-5H2,1-2H3,(H,11,12). The third-order valence-electron chi connectivity index (χ3n) is 2.10. The van der Waals surface area contributed by atoms with Crippen molar-refractivity contribution in [3.63, 3.8) is 0 Å². The van der Waals surface area contributed by atoms with Crippen LogP contribution in [0.4, 0.5) is 11.5 Å². The number of pyridine rings is 1. The minimum Gasteiger partial charge on any atom is -0.370 e. The van der Waals surface area contributed by atoms with E-state index in [1.165, 1.54) is 6.20 Å². The number of aromatic nitrogens is 1. The maximum absolute atomic E-state index is 10.7. The van der Waals surface area contributed by atoms with Crippen LogP contribution in [0.3, 0.4) is 0 Å². The molecule has 5 nitrogen and oxygen atoms in total. The molecule has 1 N–H and O–H groups in total. The molecule has 1 aromatic rings. The van der Waals surface area contributed by atoms with Gasteiger partial charge in [-0.3, -0.25) is 10.1 Å². The van der Waals surface area contributed by atoms with Crippen LogP contribution in [0.15, 0.2) is 12.3 Å². The summed E-state index contributed by atoms with van der Waals surface area (Å²) in [5.74, 6) is 0.708. The van der Waals surface area contributed by atoms with Crippen LogP contribution in [-0.4, -0.2) is 16.5 Å². The number of nitro groups is 1. The first kappa shape index (κ1) is 11.4. The molecule has 0 aliphatic rings. The van der Waals surface area contributed by atoms with Gasteiger partial charge in [0.25, 0.3) is 5.69 Å². The first-order chi connectivity index (χ1) is 7.19. The maximum atomic E-state index is 10.7. The Morgan fingerprint density at radius 1 is 1.53 bits per heavy atom. The van der Waals surface area contributed by atoms with Gasteiger partial charge in [0.05, 0.1) is 4.92 Å². The monoisotopic (exact) mass is 209 g/mol. The van der Waals surface area contributed by atoms with Gasteiger partial charge < -0.3 is 5.32 Å². The molecule has 5 heteroatoms. The van der Waals surface area contributed by atoms with Crippen LogP contribution in [0.5, 0.6) is 0 Å². The Morgan fingerprint density at radius 3 is 2.80 bits per heavy atom. The second-order valence-electron chi connectivity index (χ2n) is 3.24. The van der Waals surface area contributed by atoms with E-state index in [-0.39, 0.29) is 5.69 Å². The second kappa shape index (κ2) is 5.29. The van der Waals surface area contributed by atoms with Crippen molar-refractivity contribution in [3.8, 4) is 0 Å². The Bertz CT molecular complexity index is 353. The Hall–Kier alpha value is -1.65. The highest BCUT2D eigenvalue weighted by Crippen LogP contribution is 2.20. The molecule has 82 valence electrons. The number of nitrogens with one attached hydrogen (secondary N) is 1.